The second kappa shape index (κ2) is 5.15. The summed E-state index contributed by atoms with van der Waals surface area (Å²) >= 11 is 0. The molecule has 0 spiro atoms. The molecule has 2 unspecified atom stereocenters. The van der Waals surface area contributed by atoms with E-state index in [-0.39, 0.29) is 6.04 Å². The first-order valence-electron chi connectivity index (χ1n) is 6.13. The smallest absolute Gasteiger partial charge is 0.323 e. The third kappa shape index (κ3) is 3.76. The van der Waals surface area contributed by atoms with Gasteiger partial charge in [-0.3, -0.25) is 4.79 Å². The van der Waals surface area contributed by atoms with Crippen LogP contribution in [0.2, 0.25) is 0 Å². The van der Waals surface area contributed by atoms with E-state index in [1.165, 1.54) is 12.8 Å². The van der Waals surface area contributed by atoms with Crippen LogP contribution >= 0.6 is 0 Å². The first kappa shape index (κ1) is 13.5. The largest absolute Gasteiger partial charge is 0.480 e. The average Bonchev–Trinajstić information content (AvgIpc) is 2.96. The number of nitrogens with two attached hydrogens (primary N) is 1. The summed E-state index contributed by atoms with van der Waals surface area (Å²) < 4.78 is 0. The number of carbonyl (C=O) groups is 1. The quantitative estimate of drug-likeness (QED) is 0.689. The van der Waals surface area contributed by atoms with Crippen molar-refractivity contribution in [1.82, 2.24) is 4.90 Å². The molecule has 0 bridgehead atoms. The number of rotatable bonds is 7. The summed E-state index contributed by atoms with van der Waals surface area (Å²) in [5.74, 6) is -0.0851. The summed E-state index contributed by atoms with van der Waals surface area (Å²) in [7, 11) is 0. The van der Waals surface area contributed by atoms with Gasteiger partial charge < -0.3 is 15.7 Å². The number of hydrogen-bond acceptors (Lipinski definition) is 3. The second-order valence-electron chi connectivity index (χ2n) is 5.31. The number of carboxylic acids is 1. The number of aliphatic carboxylic acids is 1. The summed E-state index contributed by atoms with van der Waals surface area (Å²) in [4.78, 5) is 13.3. The molecule has 3 N–H and O–H groups in total. The van der Waals surface area contributed by atoms with Crippen LogP contribution in [0, 0.1) is 5.92 Å². The highest BCUT2D eigenvalue weighted by Crippen LogP contribution is 2.30. The monoisotopic (exact) mass is 228 g/mol. The van der Waals surface area contributed by atoms with Gasteiger partial charge in [0.1, 0.15) is 5.54 Å². The van der Waals surface area contributed by atoms with Gasteiger partial charge in [-0.1, -0.05) is 6.92 Å². The van der Waals surface area contributed by atoms with Crippen LogP contribution in [0.25, 0.3) is 0 Å². The molecule has 1 saturated carbocycles. The van der Waals surface area contributed by atoms with Crippen LogP contribution in [0.5, 0.6) is 0 Å². The van der Waals surface area contributed by atoms with Crippen LogP contribution in [-0.2, 0) is 4.79 Å². The molecule has 0 radical (unpaired) electrons. The first-order valence-corrected chi connectivity index (χ1v) is 6.13. The summed E-state index contributed by atoms with van der Waals surface area (Å²) in [5.41, 5.74) is 4.66. The Morgan fingerprint density at radius 2 is 2.19 bits per heavy atom. The third-order valence-electron chi connectivity index (χ3n) is 3.43. The minimum absolute atomic E-state index is 0.233. The molecule has 1 aliphatic carbocycles. The van der Waals surface area contributed by atoms with E-state index in [0.717, 1.165) is 19.0 Å². The van der Waals surface area contributed by atoms with Gasteiger partial charge in [-0.05, 0) is 45.6 Å². The fourth-order valence-corrected chi connectivity index (χ4v) is 2.08. The highest BCUT2D eigenvalue weighted by atomic mass is 16.4. The standard InChI is InChI=1S/C12H24N2O2/c1-4-14(8-10-5-6-10)9(2)7-12(3,13)11(15)16/h9-10H,4-8,13H2,1-3H3,(H,15,16). The molecule has 0 amide bonds. The number of nitrogens with zero attached hydrogens (tertiary/aromatic N) is 1. The lowest BCUT2D eigenvalue weighted by Crippen LogP contribution is -2.50. The van der Waals surface area contributed by atoms with E-state index in [9.17, 15) is 4.79 Å². The summed E-state index contributed by atoms with van der Waals surface area (Å²) in [5, 5.41) is 9.00. The molecule has 0 aromatic rings. The van der Waals surface area contributed by atoms with Gasteiger partial charge in [0.25, 0.3) is 0 Å². The minimum atomic E-state index is -1.11. The van der Waals surface area contributed by atoms with Crippen LogP contribution in [0.15, 0.2) is 0 Å². The van der Waals surface area contributed by atoms with Crippen LogP contribution in [0.3, 0.4) is 0 Å². The fourth-order valence-electron chi connectivity index (χ4n) is 2.08. The van der Waals surface area contributed by atoms with Gasteiger partial charge in [0.2, 0.25) is 0 Å². The van der Waals surface area contributed by atoms with E-state index in [1.807, 2.05) is 0 Å². The molecule has 0 aromatic carbocycles. The van der Waals surface area contributed by atoms with Crippen LogP contribution in [0.1, 0.15) is 40.0 Å². The van der Waals surface area contributed by atoms with Gasteiger partial charge in [0, 0.05) is 12.6 Å². The molecule has 16 heavy (non-hydrogen) atoms. The summed E-state index contributed by atoms with van der Waals surface area (Å²) in [6.45, 7) is 7.84. The Morgan fingerprint density at radius 3 is 2.56 bits per heavy atom. The van der Waals surface area contributed by atoms with Crippen molar-refractivity contribution in [2.75, 3.05) is 13.1 Å². The van der Waals surface area contributed by atoms with Gasteiger partial charge in [-0.15, -0.1) is 0 Å². The molecule has 4 heteroatoms. The number of carboxylic acid groups (broad SMARTS) is 1. The molecular formula is C12H24N2O2. The maximum atomic E-state index is 11.0. The second-order valence-corrected chi connectivity index (χ2v) is 5.31. The molecule has 1 rings (SSSR count). The van der Waals surface area contributed by atoms with Crippen molar-refractivity contribution in [3.63, 3.8) is 0 Å². The van der Waals surface area contributed by atoms with E-state index < -0.39 is 11.5 Å². The highest BCUT2D eigenvalue weighted by molar-refractivity contribution is 5.77. The normalized spacial score (nSPS) is 21.8. The molecular weight excluding hydrogens is 204 g/mol. The van der Waals surface area contributed by atoms with Crippen LogP contribution < -0.4 is 5.73 Å². The van der Waals surface area contributed by atoms with Crippen LogP contribution in [-0.4, -0.2) is 40.6 Å². The molecule has 0 heterocycles. The average molecular weight is 228 g/mol. The van der Waals surface area contributed by atoms with Crippen molar-refractivity contribution in [1.29, 1.82) is 0 Å². The van der Waals surface area contributed by atoms with Crippen molar-refractivity contribution in [2.24, 2.45) is 11.7 Å². The Hall–Kier alpha value is -0.610. The van der Waals surface area contributed by atoms with E-state index >= 15 is 0 Å². The zero-order chi connectivity index (χ0) is 12.3. The van der Waals surface area contributed by atoms with Crippen LogP contribution in [0.4, 0.5) is 0 Å². The van der Waals surface area contributed by atoms with E-state index in [2.05, 4.69) is 18.7 Å². The Bertz CT molecular complexity index is 249. The van der Waals surface area contributed by atoms with E-state index in [4.69, 9.17) is 10.8 Å². The van der Waals surface area contributed by atoms with Gasteiger partial charge in [0.05, 0.1) is 0 Å². The minimum Gasteiger partial charge on any atom is -0.480 e. The van der Waals surface area contributed by atoms with E-state index in [1.54, 1.807) is 6.92 Å². The first-order chi connectivity index (χ1) is 7.36. The molecule has 1 fully saturated rings. The molecule has 94 valence electrons. The molecule has 0 aromatic heterocycles. The Morgan fingerprint density at radius 1 is 1.62 bits per heavy atom. The maximum absolute atomic E-state index is 11.0. The molecule has 0 saturated heterocycles. The fraction of sp³-hybridized carbons (Fsp3) is 0.917. The van der Waals surface area contributed by atoms with Gasteiger partial charge in [0.15, 0.2) is 0 Å². The Balaban J connectivity index is 2.47. The lowest BCUT2D eigenvalue weighted by molar-refractivity contribution is -0.143. The van der Waals surface area contributed by atoms with Crippen molar-refractivity contribution in [3.05, 3.63) is 0 Å². The molecule has 4 nitrogen and oxygen atoms in total. The highest BCUT2D eigenvalue weighted by Gasteiger charge is 2.33. The topological polar surface area (TPSA) is 66.6 Å². The molecule has 1 aliphatic rings. The molecule has 0 aliphatic heterocycles. The molecule has 2 atom stereocenters. The lowest BCUT2D eigenvalue weighted by Gasteiger charge is -2.32. The third-order valence-corrected chi connectivity index (χ3v) is 3.43. The lowest BCUT2D eigenvalue weighted by atomic mass is 9.94. The summed E-state index contributed by atoms with van der Waals surface area (Å²) in [6, 6.07) is 0.233. The predicted molar refractivity (Wildman–Crippen MR) is 64.3 cm³/mol. The Labute approximate surface area is 97.8 Å². The van der Waals surface area contributed by atoms with Gasteiger partial charge in [-0.2, -0.15) is 0 Å². The zero-order valence-electron chi connectivity index (χ0n) is 10.6. The van der Waals surface area contributed by atoms with Crippen molar-refractivity contribution in [2.45, 2.75) is 51.6 Å². The zero-order valence-corrected chi connectivity index (χ0v) is 10.6. The Kier molecular flexibility index (Phi) is 4.33. The van der Waals surface area contributed by atoms with Gasteiger partial charge >= 0.3 is 5.97 Å². The van der Waals surface area contributed by atoms with Gasteiger partial charge in [-0.25, -0.2) is 0 Å². The number of hydrogen-bond donors (Lipinski definition) is 2. The maximum Gasteiger partial charge on any atom is 0.323 e. The summed E-state index contributed by atoms with van der Waals surface area (Å²) in [6.07, 6.45) is 3.15. The predicted octanol–water partition coefficient (Wildman–Crippen LogP) is 1.30. The van der Waals surface area contributed by atoms with Crippen molar-refractivity contribution < 1.29 is 9.90 Å². The van der Waals surface area contributed by atoms with Crippen molar-refractivity contribution >= 4 is 5.97 Å². The van der Waals surface area contributed by atoms with E-state index in [0.29, 0.717) is 6.42 Å². The SMILES string of the molecule is CCN(CC1CC1)C(C)CC(C)(N)C(=O)O. The van der Waals surface area contributed by atoms with Crippen molar-refractivity contribution in [3.8, 4) is 0 Å².